The molecule has 0 aliphatic carbocycles. The first kappa shape index (κ1) is 21.0. The summed E-state index contributed by atoms with van der Waals surface area (Å²) in [4.78, 5) is 4.80. The molecule has 0 unspecified atom stereocenters. The molecule has 0 spiro atoms. The van der Waals surface area contributed by atoms with Crippen LogP contribution >= 0.6 is 0 Å². The predicted octanol–water partition coefficient (Wildman–Crippen LogP) is 6.38. The van der Waals surface area contributed by atoms with Crippen LogP contribution in [-0.4, -0.2) is 16.1 Å². The number of fused-ring (bicyclic) bond motifs is 1. The summed E-state index contributed by atoms with van der Waals surface area (Å²) in [5, 5.41) is 3.52. The topological polar surface area (TPSA) is 39.1 Å². The van der Waals surface area contributed by atoms with Crippen LogP contribution in [0.2, 0.25) is 0 Å². The molecule has 4 nitrogen and oxygen atoms in total. The van der Waals surface area contributed by atoms with Gasteiger partial charge < -0.3 is 14.6 Å². The quantitative estimate of drug-likeness (QED) is 0.307. The molecule has 31 heavy (non-hydrogen) atoms. The van der Waals surface area contributed by atoms with Crippen LogP contribution in [0, 0.1) is 6.92 Å². The molecule has 0 bridgehead atoms. The van der Waals surface area contributed by atoms with Gasteiger partial charge in [0.1, 0.15) is 18.2 Å². The van der Waals surface area contributed by atoms with Crippen LogP contribution in [0.1, 0.15) is 36.7 Å². The molecular weight excluding hydrogens is 382 g/mol. The lowest BCUT2D eigenvalue weighted by Gasteiger charge is -2.11. The second-order valence-electron chi connectivity index (χ2n) is 7.96. The highest BCUT2D eigenvalue weighted by Gasteiger charge is 2.09. The van der Waals surface area contributed by atoms with Crippen molar-refractivity contribution >= 4 is 16.7 Å². The van der Waals surface area contributed by atoms with E-state index in [2.05, 4.69) is 66.2 Å². The number of hydrogen-bond donors (Lipinski definition) is 1. The first-order chi connectivity index (χ1) is 15.2. The first-order valence-corrected chi connectivity index (χ1v) is 11.2. The van der Waals surface area contributed by atoms with E-state index < -0.39 is 0 Å². The number of rotatable bonds is 10. The zero-order valence-corrected chi connectivity index (χ0v) is 18.5. The fourth-order valence-electron chi connectivity index (χ4n) is 3.84. The van der Waals surface area contributed by atoms with Crippen molar-refractivity contribution < 1.29 is 4.74 Å². The fourth-order valence-corrected chi connectivity index (χ4v) is 3.84. The van der Waals surface area contributed by atoms with Gasteiger partial charge in [0.25, 0.3) is 0 Å². The Morgan fingerprint density at radius 3 is 2.52 bits per heavy atom. The normalized spacial score (nSPS) is 11.0. The lowest BCUT2D eigenvalue weighted by Crippen LogP contribution is -2.06. The van der Waals surface area contributed by atoms with Crippen molar-refractivity contribution in [1.29, 1.82) is 0 Å². The number of imidazole rings is 1. The van der Waals surface area contributed by atoms with E-state index in [1.165, 1.54) is 22.5 Å². The van der Waals surface area contributed by atoms with Crippen molar-refractivity contribution in [2.75, 3.05) is 11.9 Å². The van der Waals surface area contributed by atoms with Gasteiger partial charge in [-0.05, 0) is 67.3 Å². The van der Waals surface area contributed by atoms with Crippen LogP contribution in [-0.2, 0) is 19.6 Å². The average Bonchev–Trinajstić information content (AvgIpc) is 3.16. The minimum Gasteiger partial charge on any atom is -0.489 e. The van der Waals surface area contributed by atoms with Gasteiger partial charge in [-0.1, -0.05) is 43.3 Å². The van der Waals surface area contributed by atoms with Crippen molar-refractivity contribution in [3.05, 3.63) is 89.7 Å². The van der Waals surface area contributed by atoms with Crippen molar-refractivity contribution in [3.8, 4) is 5.75 Å². The standard InChI is InChI=1S/C27H31N3O/c1-3-27-29-25-16-11-21(2)19-26(25)30(27)18-8-7-17-28-23-12-14-24(15-13-23)31-20-22-9-5-4-6-10-22/h4-6,9-16,19,28H,3,7-8,17-18,20H2,1-2H3. The Kier molecular flexibility index (Phi) is 6.88. The van der Waals surface area contributed by atoms with Crippen LogP contribution in [0.4, 0.5) is 5.69 Å². The number of aromatic nitrogens is 2. The zero-order chi connectivity index (χ0) is 21.5. The Morgan fingerprint density at radius 1 is 0.935 bits per heavy atom. The molecule has 0 atom stereocenters. The predicted molar refractivity (Wildman–Crippen MR) is 129 cm³/mol. The average molecular weight is 414 g/mol. The lowest BCUT2D eigenvalue weighted by molar-refractivity contribution is 0.306. The summed E-state index contributed by atoms with van der Waals surface area (Å²) >= 11 is 0. The first-order valence-electron chi connectivity index (χ1n) is 11.2. The second-order valence-corrected chi connectivity index (χ2v) is 7.96. The van der Waals surface area contributed by atoms with Crippen LogP contribution in [0.25, 0.3) is 11.0 Å². The Labute approximate surface area is 184 Å². The highest BCUT2D eigenvalue weighted by molar-refractivity contribution is 5.76. The fraction of sp³-hybridized carbons (Fsp3) is 0.296. The molecule has 0 aliphatic rings. The van der Waals surface area contributed by atoms with E-state index in [1.54, 1.807) is 0 Å². The van der Waals surface area contributed by atoms with Gasteiger partial charge in [0.2, 0.25) is 0 Å². The van der Waals surface area contributed by atoms with Crippen molar-refractivity contribution in [2.24, 2.45) is 0 Å². The Hall–Kier alpha value is -3.27. The molecule has 0 fully saturated rings. The Balaban J connectivity index is 1.23. The molecule has 0 saturated heterocycles. The molecule has 160 valence electrons. The Morgan fingerprint density at radius 2 is 1.74 bits per heavy atom. The minimum absolute atomic E-state index is 0.593. The number of unbranched alkanes of at least 4 members (excludes halogenated alkanes) is 1. The maximum atomic E-state index is 5.86. The molecule has 0 amide bonds. The number of anilines is 1. The van der Waals surface area contributed by atoms with Gasteiger partial charge in [0, 0.05) is 25.2 Å². The van der Waals surface area contributed by atoms with E-state index in [-0.39, 0.29) is 0 Å². The number of hydrogen-bond acceptors (Lipinski definition) is 3. The lowest BCUT2D eigenvalue weighted by atomic mass is 10.2. The van der Waals surface area contributed by atoms with E-state index in [9.17, 15) is 0 Å². The van der Waals surface area contributed by atoms with E-state index in [1.807, 2.05) is 30.3 Å². The molecule has 1 heterocycles. The van der Waals surface area contributed by atoms with Crippen LogP contribution in [0.3, 0.4) is 0 Å². The molecule has 4 heteroatoms. The summed E-state index contributed by atoms with van der Waals surface area (Å²) < 4.78 is 8.25. The van der Waals surface area contributed by atoms with Crippen LogP contribution < -0.4 is 10.1 Å². The highest BCUT2D eigenvalue weighted by Crippen LogP contribution is 2.20. The molecule has 1 aromatic heterocycles. The molecule has 0 radical (unpaired) electrons. The SMILES string of the molecule is CCc1nc2ccc(C)cc2n1CCCCNc1ccc(OCc2ccccc2)cc1. The van der Waals surface area contributed by atoms with Gasteiger partial charge in [-0.15, -0.1) is 0 Å². The summed E-state index contributed by atoms with van der Waals surface area (Å²) in [6.07, 6.45) is 3.20. The summed E-state index contributed by atoms with van der Waals surface area (Å²) in [5.74, 6) is 2.07. The van der Waals surface area contributed by atoms with Gasteiger partial charge in [-0.2, -0.15) is 0 Å². The maximum absolute atomic E-state index is 5.86. The molecule has 4 rings (SSSR count). The zero-order valence-electron chi connectivity index (χ0n) is 18.5. The van der Waals surface area contributed by atoms with Gasteiger partial charge in [0.05, 0.1) is 11.0 Å². The van der Waals surface area contributed by atoms with Gasteiger partial charge in [-0.3, -0.25) is 0 Å². The smallest absolute Gasteiger partial charge is 0.119 e. The van der Waals surface area contributed by atoms with Crippen LogP contribution in [0.5, 0.6) is 5.75 Å². The van der Waals surface area contributed by atoms with Gasteiger partial charge in [-0.25, -0.2) is 4.98 Å². The third-order valence-corrected chi connectivity index (χ3v) is 5.54. The number of nitrogens with zero attached hydrogens (tertiary/aromatic N) is 2. The van der Waals surface area contributed by atoms with E-state index in [0.717, 1.165) is 49.3 Å². The largest absolute Gasteiger partial charge is 0.489 e. The third-order valence-electron chi connectivity index (χ3n) is 5.54. The maximum Gasteiger partial charge on any atom is 0.119 e. The highest BCUT2D eigenvalue weighted by atomic mass is 16.5. The molecule has 4 aromatic rings. The molecule has 1 N–H and O–H groups in total. The van der Waals surface area contributed by atoms with Crippen molar-refractivity contribution in [1.82, 2.24) is 9.55 Å². The van der Waals surface area contributed by atoms with E-state index in [4.69, 9.17) is 9.72 Å². The molecule has 3 aromatic carbocycles. The van der Waals surface area contributed by atoms with Crippen LogP contribution in [0.15, 0.2) is 72.8 Å². The number of benzene rings is 3. The van der Waals surface area contributed by atoms with Gasteiger partial charge >= 0.3 is 0 Å². The molecule has 0 aliphatic heterocycles. The molecule has 0 saturated carbocycles. The number of aryl methyl sites for hydroxylation is 3. The summed E-state index contributed by atoms with van der Waals surface area (Å²) in [6, 6.07) is 25.0. The third kappa shape index (κ3) is 5.46. The monoisotopic (exact) mass is 413 g/mol. The number of ether oxygens (including phenoxy) is 1. The summed E-state index contributed by atoms with van der Waals surface area (Å²) in [6.45, 7) is 6.88. The van der Waals surface area contributed by atoms with Gasteiger partial charge in [0.15, 0.2) is 0 Å². The molecular formula is C27H31N3O. The van der Waals surface area contributed by atoms with E-state index >= 15 is 0 Å². The Bertz CT molecular complexity index is 1100. The van der Waals surface area contributed by atoms with Crippen molar-refractivity contribution in [2.45, 2.75) is 46.3 Å². The van der Waals surface area contributed by atoms with E-state index in [0.29, 0.717) is 6.61 Å². The second kappa shape index (κ2) is 10.2. The summed E-state index contributed by atoms with van der Waals surface area (Å²) in [5.41, 5.74) is 5.96. The summed E-state index contributed by atoms with van der Waals surface area (Å²) in [7, 11) is 0. The number of nitrogens with one attached hydrogen (secondary N) is 1. The minimum atomic E-state index is 0.593. The van der Waals surface area contributed by atoms with Crippen molar-refractivity contribution in [3.63, 3.8) is 0 Å².